The number of rotatable bonds is 19. The van der Waals surface area contributed by atoms with Crippen molar-refractivity contribution < 1.29 is 63.1 Å². The number of unbranched alkanes of at least 4 members (excludes halogenated alkanes) is 8. The SMILES string of the molecule is CCCCCCCCCCCC(=O)OC(COC(=O)CC)COP(=O)(O)OC1C(O)C(O)C(O)C(O)C1O. The van der Waals surface area contributed by atoms with Crippen LogP contribution in [0, 0.1) is 0 Å². The molecule has 6 N–H and O–H groups in total. The lowest BCUT2D eigenvalue weighted by Gasteiger charge is -2.41. The number of phosphoric acid groups is 1. The van der Waals surface area contributed by atoms with E-state index in [0.717, 1.165) is 25.7 Å². The molecule has 1 fully saturated rings. The van der Waals surface area contributed by atoms with Gasteiger partial charge in [-0.05, 0) is 6.42 Å². The molecule has 13 nitrogen and oxygen atoms in total. The highest BCUT2D eigenvalue weighted by Crippen LogP contribution is 2.47. The summed E-state index contributed by atoms with van der Waals surface area (Å²) in [5.74, 6) is -1.20. The third kappa shape index (κ3) is 12.8. The summed E-state index contributed by atoms with van der Waals surface area (Å²) in [4.78, 5) is 33.9. The molecule has 0 aromatic heterocycles. The van der Waals surface area contributed by atoms with Crippen molar-refractivity contribution in [2.45, 2.75) is 127 Å². The van der Waals surface area contributed by atoms with E-state index in [1.54, 1.807) is 6.92 Å². The summed E-state index contributed by atoms with van der Waals surface area (Å²) in [6, 6.07) is 0. The number of carbonyl (C=O) groups is 2. The van der Waals surface area contributed by atoms with Crippen molar-refractivity contribution in [2.75, 3.05) is 13.2 Å². The first kappa shape index (κ1) is 34.9. The van der Waals surface area contributed by atoms with Gasteiger partial charge in [-0.25, -0.2) is 4.57 Å². The lowest BCUT2D eigenvalue weighted by Crippen LogP contribution is -2.64. The zero-order valence-electron chi connectivity index (χ0n) is 22.2. The lowest BCUT2D eigenvalue weighted by atomic mass is 9.85. The number of hydrogen-bond acceptors (Lipinski definition) is 12. The van der Waals surface area contributed by atoms with Gasteiger partial charge in [-0.1, -0.05) is 65.2 Å². The summed E-state index contributed by atoms with van der Waals surface area (Å²) < 4.78 is 32.2. The molecule has 0 heterocycles. The fraction of sp³-hybridized carbons (Fsp3) is 0.917. The van der Waals surface area contributed by atoms with Crippen LogP contribution >= 0.6 is 7.82 Å². The molecule has 1 aliphatic rings. The Morgan fingerprint density at radius 1 is 0.737 bits per heavy atom. The number of ether oxygens (including phenoxy) is 2. The predicted octanol–water partition coefficient (Wildman–Crippen LogP) is 1.09. The van der Waals surface area contributed by atoms with Crippen LogP contribution in [0.15, 0.2) is 0 Å². The number of aliphatic hydroxyl groups is 5. The average molecular weight is 573 g/mol. The number of esters is 2. The molecule has 0 amide bonds. The van der Waals surface area contributed by atoms with Gasteiger partial charge in [0, 0.05) is 12.8 Å². The second-order valence-corrected chi connectivity index (χ2v) is 10.9. The molecule has 0 aromatic carbocycles. The Bertz CT molecular complexity index is 720. The van der Waals surface area contributed by atoms with Crippen LogP contribution in [0.1, 0.15) is 84.5 Å². The molecule has 0 radical (unpaired) electrons. The number of carbonyl (C=O) groups excluding carboxylic acids is 2. The Hall–Kier alpha value is -1.15. The Kier molecular flexibility index (Phi) is 16.7. The van der Waals surface area contributed by atoms with E-state index in [1.807, 2.05) is 0 Å². The average Bonchev–Trinajstić information content (AvgIpc) is 2.89. The maximum atomic E-state index is 12.4. The van der Waals surface area contributed by atoms with Crippen LogP contribution in [0.3, 0.4) is 0 Å². The van der Waals surface area contributed by atoms with E-state index in [4.69, 9.17) is 18.5 Å². The van der Waals surface area contributed by atoms with Crippen LogP contribution in [-0.2, 0) is 32.7 Å². The van der Waals surface area contributed by atoms with Crippen LogP contribution < -0.4 is 0 Å². The van der Waals surface area contributed by atoms with E-state index >= 15 is 0 Å². The fourth-order valence-corrected chi connectivity index (χ4v) is 4.88. The summed E-state index contributed by atoms with van der Waals surface area (Å²) in [5.41, 5.74) is 0. The molecule has 6 atom stereocenters. The van der Waals surface area contributed by atoms with Crippen molar-refractivity contribution >= 4 is 19.8 Å². The normalized spacial score (nSPS) is 27.9. The van der Waals surface area contributed by atoms with E-state index in [9.17, 15) is 44.6 Å². The topological polar surface area (TPSA) is 210 Å². The zero-order chi connectivity index (χ0) is 28.7. The first-order chi connectivity index (χ1) is 17.9. The maximum Gasteiger partial charge on any atom is 0.472 e. The molecule has 1 aliphatic carbocycles. The van der Waals surface area contributed by atoms with Crippen molar-refractivity contribution in [3.63, 3.8) is 0 Å². The number of phosphoric ester groups is 1. The van der Waals surface area contributed by atoms with Crippen molar-refractivity contribution in [1.82, 2.24) is 0 Å². The van der Waals surface area contributed by atoms with Crippen LogP contribution in [0.5, 0.6) is 0 Å². The molecule has 1 rings (SSSR count). The molecular formula is C24H45O13P. The first-order valence-corrected chi connectivity index (χ1v) is 14.8. The largest absolute Gasteiger partial charge is 0.472 e. The molecule has 0 aliphatic heterocycles. The summed E-state index contributed by atoms with van der Waals surface area (Å²) in [6.07, 6.45) is -3.46. The molecule has 0 saturated heterocycles. The number of aliphatic hydroxyl groups excluding tert-OH is 5. The van der Waals surface area contributed by atoms with E-state index in [0.29, 0.717) is 6.42 Å². The molecule has 14 heteroatoms. The third-order valence-corrected chi connectivity index (χ3v) is 7.24. The molecule has 0 bridgehead atoms. The van der Waals surface area contributed by atoms with Gasteiger partial charge in [0.25, 0.3) is 0 Å². The minimum absolute atomic E-state index is 0.0511. The summed E-state index contributed by atoms with van der Waals surface area (Å²) in [5, 5.41) is 49.1. The molecule has 0 aromatic rings. The molecule has 1 saturated carbocycles. The van der Waals surface area contributed by atoms with Gasteiger partial charge in [0.2, 0.25) is 0 Å². The Morgan fingerprint density at radius 3 is 1.76 bits per heavy atom. The van der Waals surface area contributed by atoms with Gasteiger partial charge in [0.1, 0.15) is 43.2 Å². The standard InChI is InChI=1S/C24H45O13P/c1-3-5-6-7-8-9-10-11-12-13-18(26)36-16(14-34-17(25)4-2)15-35-38(32,33)37-24-22(30)20(28)19(27)21(29)23(24)31/h16,19-24,27-31H,3-15H2,1-2H3,(H,32,33). The van der Waals surface area contributed by atoms with E-state index in [2.05, 4.69) is 6.92 Å². The van der Waals surface area contributed by atoms with Crippen molar-refractivity contribution in [1.29, 1.82) is 0 Å². The van der Waals surface area contributed by atoms with Crippen LogP contribution in [-0.4, -0.2) is 98.3 Å². The summed E-state index contributed by atoms with van der Waals surface area (Å²) in [6.45, 7) is 2.54. The molecule has 38 heavy (non-hydrogen) atoms. The van der Waals surface area contributed by atoms with Crippen molar-refractivity contribution in [3.8, 4) is 0 Å². The van der Waals surface area contributed by atoms with Crippen LogP contribution in [0.25, 0.3) is 0 Å². The van der Waals surface area contributed by atoms with Gasteiger partial charge < -0.3 is 39.9 Å². The monoisotopic (exact) mass is 572 g/mol. The van der Waals surface area contributed by atoms with Gasteiger partial charge in [-0.3, -0.25) is 18.6 Å². The Balaban J connectivity index is 2.56. The smallest absolute Gasteiger partial charge is 0.462 e. The highest BCUT2D eigenvalue weighted by atomic mass is 31.2. The van der Waals surface area contributed by atoms with Crippen molar-refractivity contribution in [2.24, 2.45) is 0 Å². The van der Waals surface area contributed by atoms with E-state index < -0.39 is 75.7 Å². The van der Waals surface area contributed by atoms with Gasteiger partial charge in [0.05, 0.1) is 6.61 Å². The molecule has 224 valence electrons. The fourth-order valence-electron chi connectivity index (χ4n) is 3.91. The predicted molar refractivity (Wildman–Crippen MR) is 134 cm³/mol. The Labute approximate surface area is 223 Å². The lowest BCUT2D eigenvalue weighted by molar-refractivity contribution is -0.220. The maximum absolute atomic E-state index is 12.4. The van der Waals surface area contributed by atoms with Crippen LogP contribution in [0.2, 0.25) is 0 Å². The van der Waals surface area contributed by atoms with Gasteiger partial charge in [0.15, 0.2) is 6.10 Å². The van der Waals surface area contributed by atoms with Gasteiger partial charge >= 0.3 is 19.8 Å². The highest BCUT2D eigenvalue weighted by molar-refractivity contribution is 7.47. The summed E-state index contributed by atoms with van der Waals surface area (Å²) in [7, 11) is -5.06. The minimum Gasteiger partial charge on any atom is -0.462 e. The van der Waals surface area contributed by atoms with Gasteiger partial charge in [-0.15, -0.1) is 0 Å². The van der Waals surface area contributed by atoms with E-state index in [-0.39, 0.29) is 12.8 Å². The quantitative estimate of drug-likeness (QED) is 0.0728. The molecular weight excluding hydrogens is 527 g/mol. The van der Waals surface area contributed by atoms with Crippen LogP contribution in [0.4, 0.5) is 0 Å². The minimum atomic E-state index is -5.06. The van der Waals surface area contributed by atoms with Gasteiger partial charge in [-0.2, -0.15) is 0 Å². The van der Waals surface area contributed by atoms with E-state index in [1.165, 1.54) is 25.7 Å². The summed E-state index contributed by atoms with van der Waals surface area (Å²) >= 11 is 0. The second kappa shape index (κ2) is 18.2. The number of hydrogen-bond donors (Lipinski definition) is 6. The zero-order valence-corrected chi connectivity index (χ0v) is 23.1. The molecule has 0 spiro atoms. The third-order valence-electron chi connectivity index (χ3n) is 6.25. The second-order valence-electron chi connectivity index (χ2n) is 9.51. The first-order valence-electron chi connectivity index (χ1n) is 13.3. The highest BCUT2D eigenvalue weighted by Gasteiger charge is 2.51. The molecule has 6 unspecified atom stereocenters. The van der Waals surface area contributed by atoms with Crippen molar-refractivity contribution in [3.05, 3.63) is 0 Å². The Morgan fingerprint density at radius 2 is 1.24 bits per heavy atom.